The molecule has 1 fully saturated rings. The zero-order valence-corrected chi connectivity index (χ0v) is 13.5. The number of carbonyl (C=O) groups excluding carboxylic acids is 2. The molecule has 0 bridgehead atoms. The summed E-state index contributed by atoms with van der Waals surface area (Å²) >= 11 is 0. The van der Waals surface area contributed by atoms with Crippen molar-refractivity contribution in [2.75, 3.05) is 31.2 Å². The van der Waals surface area contributed by atoms with Crippen LogP contribution in [-0.2, 0) is 9.53 Å². The van der Waals surface area contributed by atoms with Crippen LogP contribution in [0, 0.1) is 0 Å². The molecule has 1 aromatic heterocycles. The van der Waals surface area contributed by atoms with E-state index in [1.807, 2.05) is 4.90 Å². The van der Waals surface area contributed by atoms with Crippen molar-refractivity contribution in [2.45, 2.75) is 13.8 Å². The van der Waals surface area contributed by atoms with Gasteiger partial charge in [0.25, 0.3) is 0 Å². The zero-order chi connectivity index (χ0) is 17.3. The van der Waals surface area contributed by atoms with E-state index in [1.165, 1.54) is 32.0 Å². The molecule has 1 saturated heterocycles. The predicted molar refractivity (Wildman–Crippen MR) is 86.8 cm³/mol. The van der Waals surface area contributed by atoms with E-state index in [0.717, 1.165) is 0 Å². The quantitative estimate of drug-likeness (QED) is 0.481. The molecule has 2 heterocycles. The van der Waals surface area contributed by atoms with Crippen LogP contribution in [0.5, 0.6) is 5.75 Å². The van der Waals surface area contributed by atoms with E-state index in [0.29, 0.717) is 32.2 Å². The molecule has 0 N–H and O–H groups in total. The molecule has 0 atom stereocenters. The number of fused-ring (bicyclic) bond motifs is 1. The molecule has 1 aliphatic rings. The second kappa shape index (κ2) is 6.45. The van der Waals surface area contributed by atoms with Gasteiger partial charge in [0, 0.05) is 26.1 Å². The Bertz CT molecular complexity index is 863. The number of carbonyl (C=O) groups is 2. The fraction of sp³-hybridized carbons (Fsp3) is 0.353. The normalized spacial score (nSPS) is 14.7. The number of hydrogen-bond donors (Lipinski definition) is 0. The molecule has 0 amide bonds. The Balaban J connectivity index is 2.18. The average molecular weight is 331 g/mol. The fourth-order valence-corrected chi connectivity index (χ4v) is 2.65. The summed E-state index contributed by atoms with van der Waals surface area (Å²) in [6, 6.07) is 4.21. The third-order valence-electron chi connectivity index (χ3n) is 3.75. The number of Topliss-reactive ketones (excluding diaryl/α,β-unsaturated/α-hetero) is 1. The lowest BCUT2D eigenvalue weighted by atomic mass is 10.1. The van der Waals surface area contributed by atoms with Gasteiger partial charge in [0.1, 0.15) is 5.75 Å². The first-order valence-corrected chi connectivity index (χ1v) is 7.59. The smallest absolute Gasteiger partial charge is 0.308 e. The van der Waals surface area contributed by atoms with E-state index in [-0.39, 0.29) is 33.5 Å². The molecular formula is C17H17NO6. The average Bonchev–Trinajstić information content (AvgIpc) is 2.54. The molecule has 126 valence electrons. The Morgan fingerprint density at radius 1 is 1.12 bits per heavy atom. The van der Waals surface area contributed by atoms with Crippen LogP contribution in [0.1, 0.15) is 24.2 Å². The van der Waals surface area contributed by atoms with E-state index in [2.05, 4.69) is 0 Å². The Morgan fingerprint density at radius 2 is 1.83 bits per heavy atom. The summed E-state index contributed by atoms with van der Waals surface area (Å²) in [5.41, 5.74) is 0.109. The summed E-state index contributed by atoms with van der Waals surface area (Å²) < 4.78 is 16.1. The van der Waals surface area contributed by atoms with Crippen LogP contribution in [-0.4, -0.2) is 38.1 Å². The van der Waals surface area contributed by atoms with Crippen LogP contribution in [0.3, 0.4) is 0 Å². The Hall–Kier alpha value is -2.67. The van der Waals surface area contributed by atoms with Crippen molar-refractivity contribution in [3.63, 3.8) is 0 Å². The van der Waals surface area contributed by atoms with E-state index >= 15 is 0 Å². The monoisotopic (exact) mass is 331 g/mol. The third-order valence-corrected chi connectivity index (χ3v) is 3.75. The Labute approximate surface area is 137 Å². The van der Waals surface area contributed by atoms with Gasteiger partial charge in [-0.2, -0.15) is 0 Å². The number of rotatable bonds is 3. The summed E-state index contributed by atoms with van der Waals surface area (Å²) in [5.74, 6) is -0.264. The van der Waals surface area contributed by atoms with Crippen LogP contribution in [0.15, 0.2) is 27.4 Å². The van der Waals surface area contributed by atoms with Crippen molar-refractivity contribution < 1.29 is 23.5 Å². The molecule has 0 aliphatic carbocycles. The summed E-state index contributed by atoms with van der Waals surface area (Å²) in [7, 11) is 0. The summed E-state index contributed by atoms with van der Waals surface area (Å²) in [6.07, 6.45) is 0. The molecule has 24 heavy (non-hydrogen) atoms. The second-order valence-corrected chi connectivity index (χ2v) is 5.55. The number of anilines is 1. The van der Waals surface area contributed by atoms with Crippen LogP contribution in [0.2, 0.25) is 0 Å². The number of esters is 1. The van der Waals surface area contributed by atoms with E-state index in [1.54, 1.807) is 0 Å². The lowest BCUT2D eigenvalue weighted by Gasteiger charge is -2.27. The molecular weight excluding hydrogens is 314 g/mol. The number of benzene rings is 1. The fourth-order valence-electron chi connectivity index (χ4n) is 2.65. The lowest BCUT2D eigenvalue weighted by molar-refractivity contribution is -0.131. The van der Waals surface area contributed by atoms with Gasteiger partial charge in [-0.25, -0.2) is 0 Å². The van der Waals surface area contributed by atoms with Gasteiger partial charge in [0.05, 0.1) is 24.2 Å². The van der Waals surface area contributed by atoms with Gasteiger partial charge in [-0.1, -0.05) is 0 Å². The maximum Gasteiger partial charge on any atom is 0.308 e. The number of hydrogen-bond acceptors (Lipinski definition) is 7. The van der Waals surface area contributed by atoms with Gasteiger partial charge in [-0.3, -0.25) is 14.4 Å². The van der Waals surface area contributed by atoms with Crippen LogP contribution in [0.25, 0.3) is 11.0 Å². The van der Waals surface area contributed by atoms with Crippen molar-refractivity contribution in [1.82, 2.24) is 0 Å². The van der Waals surface area contributed by atoms with Gasteiger partial charge >= 0.3 is 5.97 Å². The van der Waals surface area contributed by atoms with Crippen molar-refractivity contribution in [2.24, 2.45) is 0 Å². The zero-order valence-electron chi connectivity index (χ0n) is 13.5. The van der Waals surface area contributed by atoms with Gasteiger partial charge in [-0.05, 0) is 19.1 Å². The molecule has 0 saturated carbocycles. The number of nitrogens with zero attached hydrogens (tertiary/aromatic N) is 1. The van der Waals surface area contributed by atoms with Crippen LogP contribution in [0.4, 0.5) is 5.88 Å². The third kappa shape index (κ3) is 3.16. The van der Waals surface area contributed by atoms with Crippen molar-refractivity contribution in [1.29, 1.82) is 0 Å². The maximum atomic E-state index is 12.5. The highest BCUT2D eigenvalue weighted by Crippen LogP contribution is 2.28. The summed E-state index contributed by atoms with van der Waals surface area (Å²) in [5, 5.41) is 0.205. The molecule has 1 aromatic carbocycles. The lowest BCUT2D eigenvalue weighted by Crippen LogP contribution is -2.36. The minimum atomic E-state index is -0.529. The first-order chi connectivity index (χ1) is 11.5. The highest BCUT2D eigenvalue weighted by molar-refractivity contribution is 6.05. The van der Waals surface area contributed by atoms with E-state index < -0.39 is 5.97 Å². The van der Waals surface area contributed by atoms with Crippen molar-refractivity contribution in [3.05, 3.63) is 34.0 Å². The van der Waals surface area contributed by atoms with Gasteiger partial charge in [-0.15, -0.1) is 0 Å². The molecule has 0 spiro atoms. The summed E-state index contributed by atoms with van der Waals surface area (Å²) in [4.78, 5) is 37.5. The largest absolute Gasteiger partial charge is 0.440 e. The topological polar surface area (TPSA) is 86.1 Å². The molecule has 1 aliphatic heterocycles. The highest BCUT2D eigenvalue weighted by atomic mass is 16.5. The van der Waals surface area contributed by atoms with Crippen molar-refractivity contribution in [3.8, 4) is 5.75 Å². The van der Waals surface area contributed by atoms with E-state index in [9.17, 15) is 14.4 Å². The SMILES string of the molecule is CC(=O)Oc1cc(C(C)=O)c2oc(N3CCOCC3)cc(=O)c2c1. The minimum absolute atomic E-state index is 0.145. The summed E-state index contributed by atoms with van der Waals surface area (Å²) in [6.45, 7) is 4.93. The highest BCUT2D eigenvalue weighted by Gasteiger charge is 2.19. The van der Waals surface area contributed by atoms with Gasteiger partial charge in [0.15, 0.2) is 22.7 Å². The number of ether oxygens (including phenoxy) is 2. The van der Waals surface area contributed by atoms with Gasteiger partial charge in [0.2, 0.25) is 0 Å². The van der Waals surface area contributed by atoms with Crippen LogP contribution < -0.4 is 15.1 Å². The minimum Gasteiger partial charge on any atom is -0.440 e. The Morgan fingerprint density at radius 3 is 2.46 bits per heavy atom. The molecule has 3 rings (SSSR count). The Kier molecular flexibility index (Phi) is 4.35. The number of morpholine rings is 1. The first kappa shape index (κ1) is 16.2. The molecule has 7 heteroatoms. The van der Waals surface area contributed by atoms with E-state index in [4.69, 9.17) is 13.9 Å². The predicted octanol–water partition coefficient (Wildman–Crippen LogP) is 1.76. The van der Waals surface area contributed by atoms with Gasteiger partial charge < -0.3 is 18.8 Å². The second-order valence-electron chi connectivity index (χ2n) is 5.55. The number of ketones is 1. The first-order valence-electron chi connectivity index (χ1n) is 7.59. The molecule has 7 nitrogen and oxygen atoms in total. The van der Waals surface area contributed by atoms with Crippen molar-refractivity contribution >= 4 is 28.6 Å². The van der Waals surface area contributed by atoms with Crippen LogP contribution >= 0.6 is 0 Å². The molecule has 0 unspecified atom stereocenters. The molecule has 2 aromatic rings. The molecule has 0 radical (unpaired) electrons. The standard InChI is InChI=1S/C17H17NO6/c1-10(19)13-7-12(23-11(2)20)8-14-15(21)9-16(24-17(13)14)18-3-5-22-6-4-18/h7-9H,3-6H2,1-2H3. The maximum absolute atomic E-state index is 12.5.